The molecule has 0 heterocycles. The number of carbonyl (C=O) groups excluding carboxylic acids is 1. The van der Waals surface area contributed by atoms with Gasteiger partial charge in [-0.3, -0.25) is 0 Å². The van der Waals surface area contributed by atoms with E-state index in [1.54, 1.807) is 24.3 Å². The van der Waals surface area contributed by atoms with Crippen LogP contribution in [-0.2, 0) is 0 Å². The van der Waals surface area contributed by atoms with Crippen LogP contribution in [0.5, 0.6) is 0 Å². The summed E-state index contributed by atoms with van der Waals surface area (Å²) in [6.45, 7) is 9.33. The highest BCUT2D eigenvalue weighted by Gasteiger charge is 2.12. The number of unbranched alkanes of at least 4 members (excludes halogenated alkanes) is 1. The molecular weight excluding hydrogens is 296 g/mol. The predicted octanol–water partition coefficient (Wildman–Crippen LogP) is 5.50. The molecule has 0 aliphatic rings. The third-order valence-electron chi connectivity index (χ3n) is 3.35. The minimum absolute atomic E-state index is 0.0690. The zero-order valence-corrected chi connectivity index (χ0v) is 14.2. The second kappa shape index (κ2) is 10.1. The fraction of sp³-hybridized carbons (Fsp3) is 0.389. The van der Waals surface area contributed by atoms with Crippen LogP contribution < -0.4 is 5.32 Å². The Labute approximate surface area is 138 Å². The Balaban J connectivity index is 2.62. The molecule has 1 aromatic carbocycles. The third-order valence-corrected chi connectivity index (χ3v) is 3.60. The number of urea groups is 1. The van der Waals surface area contributed by atoms with E-state index in [2.05, 4.69) is 24.9 Å². The Hall–Kier alpha value is -1.74. The SMILES string of the molecule is C=C/C(C)=C\CCN(CCCC)C(=O)Nc1ccc(Cl)cc1. The Morgan fingerprint density at radius 1 is 1.32 bits per heavy atom. The summed E-state index contributed by atoms with van der Waals surface area (Å²) < 4.78 is 0. The van der Waals surface area contributed by atoms with E-state index in [0.29, 0.717) is 11.6 Å². The summed E-state index contributed by atoms with van der Waals surface area (Å²) in [4.78, 5) is 14.2. The number of nitrogens with one attached hydrogen (secondary N) is 1. The molecular formula is C18H25ClN2O. The molecule has 0 saturated heterocycles. The molecule has 0 atom stereocenters. The minimum Gasteiger partial charge on any atom is -0.324 e. The number of benzene rings is 1. The first kappa shape index (κ1) is 18.3. The van der Waals surface area contributed by atoms with Crippen molar-refractivity contribution < 1.29 is 4.79 Å². The van der Waals surface area contributed by atoms with E-state index in [0.717, 1.165) is 37.1 Å². The lowest BCUT2D eigenvalue weighted by Gasteiger charge is -2.22. The van der Waals surface area contributed by atoms with Crippen molar-refractivity contribution in [3.8, 4) is 0 Å². The monoisotopic (exact) mass is 320 g/mol. The van der Waals surface area contributed by atoms with Crippen LogP contribution in [0.3, 0.4) is 0 Å². The standard InChI is InChI=1S/C18H25ClN2O/c1-4-6-13-21(14-7-8-15(3)5-2)18(22)20-17-11-9-16(19)10-12-17/h5,8-12H,2,4,6-7,13-14H2,1,3H3,(H,20,22)/b15-8-. The van der Waals surface area contributed by atoms with Crippen molar-refractivity contribution in [2.45, 2.75) is 33.1 Å². The van der Waals surface area contributed by atoms with E-state index in [9.17, 15) is 4.79 Å². The van der Waals surface area contributed by atoms with Gasteiger partial charge in [-0.2, -0.15) is 0 Å². The van der Waals surface area contributed by atoms with Gasteiger partial charge >= 0.3 is 6.03 Å². The molecule has 4 heteroatoms. The van der Waals surface area contributed by atoms with Gasteiger partial charge in [-0.15, -0.1) is 0 Å². The molecule has 0 radical (unpaired) electrons. The summed E-state index contributed by atoms with van der Waals surface area (Å²) in [6.07, 6.45) is 6.81. The zero-order valence-electron chi connectivity index (χ0n) is 13.4. The molecule has 0 bridgehead atoms. The molecule has 0 aliphatic heterocycles. The number of carbonyl (C=O) groups is 1. The van der Waals surface area contributed by atoms with E-state index >= 15 is 0 Å². The fourth-order valence-corrected chi connectivity index (χ4v) is 2.06. The van der Waals surface area contributed by atoms with Gasteiger partial charge in [0.1, 0.15) is 0 Å². The van der Waals surface area contributed by atoms with Crippen LogP contribution in [0.1, 0.15) is 33.1 Å². The molecule has 1 rings (SSSR count). The second-order valence-electron chi connectivity index (χ2n) is 5.22. The number of hydrogen-bond acceptors (Lipinski definition) is 1. The van der Waals surface area contributed by atoms with Gasteiger partial charge in [0.05, 0.1) is 0 Å². The highest BCUT2D eigenvalue weighted by molar-refractivity contribution is 6.30. The van der Waals surface area contributed by atoms with E-state index in [1.165, 1.54) is 0 Å². The minimum atomic E-state index is -0.0690. The molecule has 22 heavy (non-hydrogen) atoms. The van der Waals surface area contributed by atoms with Gasteiger partial charge in [0.2, 0.25) is 0 Å². The fourth-order valence-electron chi connectivity index (χ4n) is 1.93. The van der Waals surface area contributed by atoms with Crippen LogP contribution in [0, 0.1) is 0 Å². The van der Waals surface area contributed by atoms with Crippen LogP contribution in [0.2, 0.25) is 5.02 Å². The van der Waals surface area contributed by atoms with Crippen molar-refractivity contribution in [3.05, 3.63) is 53.6 Å². The van der Waals surface area contributed by atoms with E-state index < -0.39 is 0 Å². The molecule has 2 amide bonds. The number of amides is 2. The van der Waals surface area contributed by atoms with Crippen LogP contribution in [0.25, 0.3) is 0 Å². The molecule has 0 unspecified atom stereocenters. The van der Waals surface area contributed by atoms with Crippen molar-refractivity contribution in [1.29, 1.82) is 0 Å². The lowest BCUT2D eigenvalue weighted by molar-refractivity contribution is 0.211. The summed E-state index contributed by atoms with van der Waals surface area (Å²) in [5.41, 5.74) is 1.89. The highest BCUT2D eigenvalue weighted by atomic mass is 35.5. The van der Waals surface area contributed by atoms with Crippen molar-refractivity contribution >= 4 is 23.3 Å². The summed E-state index contributed by atoms with van der Waals surface area (Å²) in [5, 5.41) is 3.58. The number of nitrogens with zero attached hydrogens (tertiary/aromatic N) is 1. The Morgan fingerprint density at radius 2 is 2.00 bits per heavy atom. The molecule has 0 aliphatic carbocycles. The van der Waals surface area contributed by atoms with Crippen molar-refractivity contribution in [2.24, 2.45) is 0 Å². The Kier molecular flexibility index (Phi) is 8.38. The summed E-state index contributed by atoms with van der Waals surface area (Å²) in [6, 6.07) is 7.08. The van der Waals surface area contributed by atoms with Crippen molar-refractivity contribution in [3.63, 3.8) is 0 Å². The quantitative estimate of drug-likeness (QED) is 0.630. The highest BCUT2D eigenvalue weighted by Crippen LogP contribution is 2.14. The average Bonchev–Trinajstić information content (AvgIpc) is 2.52. The maximum absolute atomic E-state index is 12.4. The summed E-state index contributed by atoms with van der Waals surface area (Å²) in [5.74, 6) is 0. The van der Waals surface area contributed by atoms with E-state index in [4.69, 9.17) is 11.6 Å². The predicted molar refractivity (Wildman–Crippen MR) is 95.5 cm³/mol. The van der Waals surface area contributed by atoms with Gasteiger partial charge in [-0.25, -0.2) is 4.79 Å². The smallest absolute Gasteiger partial charge is 0.321 e. The Morgan fingerprint density at radius 3 is 2.59 bits per heavy atom. The van der Waals surface area contributed by atoms with Crippen LogP contribution >= 0.6 is 11.6 Å². The first-order chi connectivity index (χ1) is 10.6. The first-order valence-corrected chi connectivity index (χ1v) is 8.05. The lowest BCUT2D eigenvalue weighted by atomic mass is 10.2. The van der Waals surface area contributed by atoms with E-state index in [-0.39, 0.29) is 6.03 Å². The topological polar surface area (TPSA) is 32.3 Å². The van der Waals surface area contributed by atoms with Gasteiger partial charge in [0, 0.05) is 23.8 Å². The van der Waals surface area contributed by atoms with Crippen molar-refractivity contribution in [2.75, 3.05) is 18.4 Å². The number of halogens is 1. The second-order valence-corrected chi connectivity index (χ2v) is 5.66. The van der Waals surface area contributed by atoms with Gasteiger partial charge in [-0.1, -0.05) is 49.2 Å². The summed E-state index contributed by atoms with van der Waals surface area (Å²) >= 11 is 5.85. The first-order valence-electron chi connectivity index (χ1n) is 7.67. The maximum atomic E-state index is 12.4. The van der Waals surface area contributed by atoms with Crippen LogP contribution in [0.15, 0.2) is 48.6 Å². The van der Waals surface area contributed by atoms with E-state index in [1.807, 2.05) is 17.9 Å². The summed E-state index contributed by atoms with van der Waals surface area (Å²) in [7, 11) is 0. The molecule has 0 spiro atoms. The molecule has 120 valence electrons. The molecule has 1 N–H and O–H groups in total. The normalized spacial score (nSPS) is 11.1. The lowest BCUT2D eigenvalue weighted by Crippen LogP contribution is -2.36. The largest absolute Gasteiger partial charge is 0.324 e. The number of allylic oxidation sites excluding steroid dienone is 2. The van der Waals surface area contributed by atoms with Crippen LogP contribution in [-0.4, -0.2) is 24.0 Å². The molecule has 0 fully saturated rings. The number of anilines is 1. The number of rotatable bonds is 8. The van der Waals surface area contributed by atoms with Gasteiger partial charge in [0.25, 0.3) is 0 Å². The molecule has 1 aromatic rings. The molecule has 0 saturated carbocycles. The average molecular weight is 321 g/mol. The molecule has 0 aromatic heterocycles. The van der Waals surface area contributed by atoms with Crippen molar-refractivity contribution in [1.82, 2.24) is 4.90 Å². The Bertz CT molecular complexity index is 508. The third kappa shape index (κ3) is 6.81. The molecule has 3 nitrogen and oxygen atoms in total. The maximum Gasteiger partial charge on any atom is 0.321 e. The van der Waals surface area contributed by atoms with Gasteiger partial charge in [0.15, 0.2) is 0 Å². The van der Waals surface area contributed by atoms with Crippen LogP contribution in [0.4, 0.5) is 10.5 Å². The number of hydrogen-bond donors (Lipinski definition) is 1. The van der Waals surface area contributed by atoms with Gasteiger partial charge < -0.3 is 10.2 Å². The van der Waals surface area contributed by atoms with Gasteiger partial charge in [-0.05, 0) is 44.0 Å². The zero-order chi connectivity index (χ0) is 16.4.